The third-order valence-corrected chi connectivity index (χ3v) is 5.34. The van der Waals surface area contributed by atoms with E-state index in [0.717, 1.165) is 4.47 Å². The Labute approximate surface area is 202 Å². The van der Waals surface area contributed by atoms with E-state index in [-0.39, 0.29) is 24.0 Å². The standard InChI is InChI=1S/C24H18BrN5O4/c25-15-10-12-17(13-11-15)27-22(32)23(33)29-28-21-18-8-4-5-9-19(18)30(24(21)34)14-20(31)26-16-6-2-1-3-7-16/h1-13,34H,14H2,(H,26,31)(H,27,32). The minimum Gasteiger partial charge on any atom is -0.493 e. The summed E-state index contributed by atoms with van der Waals surface area (Å²) in [5.41, 5.74) is 1.53. The van der Waals surface area contributed by atoms with Gasteiger partial charge in [0, 0.05) is 21.2 Å². The second-order valence-electron chi connectivity index (χ2n) is 7.16. The Bertz CT molecular complexity index is 1400. The summed E-state index contributed by atoms with van der Waals surface area (Å²) in [7, 11) is 0. The monoisotopic (exact) mass is 519 g/mol. The van der Waals surface area contributed by atoms with E-state index in [1.54, 1.807) is 72.8 Å². The summed E-state index contributed by atoms with van der Waals surface area (Å²) in [4.78, 5) is 36.9. The first kappa shape index (κ1) is 22.9. The summed E-state index contributed by atoms with van der Waals surface area (Å²) in [6.45, 7) is -0.200. The number of hydrogen-bond acceptors (Lipinski definition) is 5. The number of carbonyl (C=O) groups excluding carboxylic acids is 3. The maximum absolute atomic E-state index is 12.5. The summed E-state index contributed by atoms with van der Waals surface area (Å²) in [5, 5.41) is 23.7. The highest BCUT2D eigenvalue weighted by atomic mass is 79.9. The number of para-hydroxylation sites is 2. The maximum atomic E-state index is 12.5. The predicted octanol–water partition coefficient (Wildman–Crippen LogP) is 5.00. The van der Waals surface area contributed by atoms with Crippen LogP contribution >= 0.6 is 15.9 Å². The third-order valence-electron chi connectivity index (χ3n) is 4.81. The molecule has 9 nitrogen and oxygen atoms in total. The summed E-state index contributed by atoms with van der Waals surface area (Å²) in [6.07, 6.45) is 0. The summed E-state index contributed by atoms with van der Waals surface area (Å²) in [5.74, 6) is -2.83. The molecule has 1 heterocycles. The fourth-order valence-corrected chi connectivity index (χ4v) is 3.52. The van der Waals surface area contributed by atoms with Gasteiger partial charge in [0.1, 0.15) is 6.54 Å². The summed E-state index contributed by atoms with van der Waals surface area (Å²) in [6, 6.07) is 22.4. The topological polar surface area (TPSA) is 125 Å². The van der Waals surface area contributed by atoms with Gasteiger partial charge in [0.25, 0.3) is 0 Å². The van der Waals surface area contributed by atoms with Crippen molar-refractivity contribution < 1.29 is 19.5 Å². The van der Waals surface area contributed by atoms with Crippen LogP contribution in [0.3, 0.4) is 0 Å². The van der Waals surface area contributed by atoms with Crippen LogP contribution in [0.25, 0.3) is 10.9 Å². The number of azo groups is 1. The zero-order valence-corrected chi connectivity index (χ0v) is 19.2. The van der Waals surface area contributed by atoms with E-state index in [1.165, 1.54) is 4.57 Å². The van der Waals surface area contributed by atoms with Crippen LogP contribution < -0.4 is 10.6 Å². The molecule has 0 spiro atoms. The number of hydrogen-bond donors (Lipinski definition) is 3. The molecule has 4 aromatic rings. The molecule has 10 heteroatoms. The molecule has 0 atom stereocenters. The smallest absolute Gasteiger partial charge is 0.353 e. The molecule has 0 unspecified atom stereocenters. The van der Waals surface area contributed by atoms with Gasteiger partial charge in [0.15, 0.2) is 5.69 Å². The molecule has 0 aliphatic carbocycles. The Hall–Kier alpha value is -4.31. The Morgan fingerprint density at radius 2 is 1.50 bits per heavy atom. The highest BCUT2D eigenvalue weighted by Gasteiger charge is 2.20. The van der Waals surface area contributed by atoms with Gasteiger partial charge in [-0.05, 0) is 42.5 Å². The van der Waals surface area contributed by atoms with E-state index < -0.39 is 11.8 Å². The average Bonchev–Trinajstić information content (AvgIpc) is 3.10. The molecule has 3 N–H and O–H groups in total. The zero-order chi connectivity index (χ0) is 24.1. The number of fused-ring (bicyclic) bond motifs is 1. The second-order valence-corrected chi connectivity index (χ2v) is 8.07. The molecular weight excluding hydrogens is 502 g/mol. The average molecular weight is 520 g/mol. The fraction of sp³-hybridized carbons (Fsp3) is 0.0417. The fourth-order valence-electron chi connectivity index (χ4n) is 3.25. The number of anilines is 2. The van der Waals surface area contributed by atoms with E-state index in [4.69, 9.17) is 0 Å². The van der Waals surface area contributed by atoms with Gasteiger partial charge in [0.2, 0.25) is 11.8 Å². The molecule has 3 aromatic carbocycles. The van der Waals surface area contributed by atoms with Gasteiger partial charge in [-0.2, -0.15) is 0 Å². The molecule has 0 fully saturated rings. The second kappa shape index (κ2) is 10.1. The van der Waals surface area contributed by atoms with Crippen LogP contribution in [0.2, 0.25) is 0 Å². The van der Waals surface area contributed by atoms with Gasteiger partial charge in [-0.25, -0.2) is 0 Å². The number of amides is 3. The van der Waals surface area contributed by atoms with Crippen molar-refractivity contribution in [2.45, 2.75) is 6.54 Å². The first-order valence-corrected chi connectivity index (χ1v) is 10.9. The molecule has 0 saturated carbocycles. The lowest BCUT2D eigenvalue weighted by molar-refractivity contribution is -0.134. The molecule has 34 heavy (non-hydrogen) atoms. The molecule has 0 saturated heterocycles. The number of aromatic hydroxyl groups is 1. The van der Waals surface area contributed by atoms with Crippen LogP contribution in [-0.4, -0.2) is 27.4 Å². The largest absolute Gasteiger partial charge is 0.493 e. The van der Waals surface area contributed by atoms with Crippen LogP contribution in [0.4, 0.5) is 17.1 Å². The first-order valence-electron chi connectivity index (χ1n) is 10.1. The van der Waals surface area contributed by atoms with Crippen LogP contribution in [0.5, 0.6) is 5.88 Å². The lowest BCUT2D eigenvalue weighted by Crippen LogP contribution is -2.20. The van der Waals surface area contributed by atoms with Crippen molar-refractivity contribution >= 4 is 61.6 Å². The van der Waals surface area contributed by atoms with E-state index >= 15 is 0 Å². The van der Waals surface area contributed by atoms with Crippen LogP contribution in [0.15, 0.2) is 93.6 Å². The number of halogens is 1. The van der Waals surface area contributed by atoms with Gasteiger partial charge >= 0.3 is 11.8 Å². The highest BCUT2D eigenvalue weighted by molar-refractivity contribution is 9.10. The molecule has 0 aliphatic heterocycles. The Morgan fingerprint density at radius 1 is 0.853 bits per heavy atom. The molecule has 0 bridgehead atoms. The molecule has 4 rings (SSSR count). The maximum Gasteiger partial charge on any atom is 0.353 e. The SMILES string of the molecule is O=C(Cn1c(O)c(N=NC(=O)C(=O)Nc2ccc(Br)cc2)c2ccccc21)Nc1ccccc1. The molecule has 0 aliphatic rings. The number of nitrogens with zero attached hydrogens (tertiary/aromatic N) is 3. The number of rotatable bonds is 5. The van der Waals surface area contributed by atoms with Crippen molar-refractivity contribution in [1.82, 2.24) is 4.57 Å². The lowest BCUT2D eigenvalue weighted by Gasteiger charge is -2.08. The van der Waals surface area contributed by atoms with Crippen molar-refractivity contribution in [3.63, 3.8) is 0 Å². The Kier molecular flexibility index (Phi) is 6.79. The number of carbonyl (C=O) groups is 3. The van der Waals surface area contributed by atoms with Gasteiger partial charge in [-0.1, -0.05) is 52.3 Å². The Balaban J connectivity index is 1.54. The molecule has 3 amide bonds. The van der Waals surface area contributed by atoms with Crippen molar-refractivity contribution in [3.05, 3.63) is 83.3 Å². The van der Waals surface area contributed by atoms with Gasteiger partial charge in [-0.15, -0.1) is 10.2 Å². The number of nitrogens with one attached hydrogen (secondary N) is 2. The number of benzene rings is 3. The van der Waals surface area contributed by atoms with Crippen LogP contribution in [0.1, 0.15) is 0 Å². The zero-order valence-electron chi connectivity index (χ0n) is 17.6. The van der Waals surface area contributed by atoms with Crippen LogP contribution in [0, 0.1) is 0 Å². The van der Waals surface area contributed by atoms with Gasteiger partial charge < -0.3 is 20.3 Å². The minimum absolute atomic E-state index is 0.0205. The normalized spacial score (nSPS) is 11.0. The highest BCUT2D eigenvalue weighted by Crippen LogP contribution is 2.38. The third kappa shape index (κ3) is 5.18. The van der Waals surface area contributed by atoms with Crippen molar-refractivity contribution in [1.29, 1.82) is 0 Å². The van der Waals surface area contributed by atoms with E-state index in [2.05, 4.69) is 36.8 Å². The molecule has 0 radical (unpaired) electrons. The molecule has 1 aromatic heterocycles. The number of aromatic nitrogens is 1. The Morgan fingerprint density at radius 3 is 2.24 bits per heavy atom. The van der Waals surface area contributed by atoms with E-state index in [0.29, 0.717) is 22.3 Å². The van der Waals surface area contributed by atoms with Crippen molar-refractivity contribution in [2.24, 2.45) is 10.2 Å². The summed E-state index contributed by atoms with van der Waals surface area (Å²) < 4.78 is 2.18. The van der Waals surface area contributed by atoms with Crippen molar-refractivity contribution in [3.8, 4) is 5.88 Å². The molecule has 170 valence electrons. The van der Waals surface area contributed by atoms with Crippen molar-refractivity contribution in [2.75, 3.05) is 10.6 Å². The first-order chi connectivity index (χ1) is 16.4. The van der Waals surface area contributed by atoms with Crippen LogP contribution in [-0.2, 0) is 20.9 Å². The van der Waals surface area contributed by atoms with Gasteiger partial charge in [-0.3, -0.25) is 14.4 Å². The van der Waals surface area contributed by atoms with E-state index in [9.17, 15) is 19.5 Å². The van der Waals surface area contributed by atoms with Gasteiger partial charge in [0.05, 0.1) is 5.52 Å². The summed E-state index contributed by atoms with van der Waals surface area (Å²) >= 11 is 3.29. The lowest BCUT2D eigenvalue weighted by atomic mass is 10.2. The predicted molar refractivity (Wildman–Crippen MR) is 131 cm³/mol. The quantitative estimate of drug-likeness (QED) is 0.253. The molecular formula is C24H18BrN5O4. The minimum atomic E-state index is -1.14. The van der Waals surface area contributed by atoms with E-state index in [1.807, 2.05) is 6.07 Å².